The van der Waals surface area contributed by atoms with Gasteiger partial charge in [-0.25, -0.2) is 0 Å². The molecule has 2 heterocycles. The van der Waals surface area contributed by atoms with Gasteiger partial charge in [0.15, 0.2) is 11.0 Å². The van der Waals surface area contributed by atoms with Crippen LogP contribution in [0, 0.1) is 0 Å². The van der Waals surface area contributed by atoms with E-state index in [0.29, 0.717) is 16.0 Å². The van der Waals surface area contributed by atoms with Crippen LogP contribution in [0.4, 0.5) is 0 Å². The van der Waals surface area contributed by atoms with E-state index < -0.39 is 0 Å². The van der Waals surface area contributed by atoms with Gasteiger partial charge in [0.05, 0.1) is 18.9 Å². The van der Waals surface area contributed by atoms with Gasteiger partial charge in [-0.2, -0.15) is 0 Å². The van der Waals surface area contributed by atoms with Gasteiger partial charge in [-0.3, -0.25) is 14.3 Å². The van der Waals surface area contributed by atoms with Crippen LogP contribution in [0.25, 0.3) is 17.1 Å². The number of nitrogens with zero attached hydrogens (tertiary/aromatic N) is 4. The van der Waals surface area contributed by atoms with Gasteiger partial charge in [0.1, 0.15) is 5.75 Å². The maximum atomic E-state index is 12.7. The van der Waals surface area contributed by atoms with Crippen LogP contribution < -0.4 is 10.1 Å². The minimum absolute atomic E-state index is 0.123. The van der Waals surface area contributed by atoms with Crippen molar-refractivity contribution in [3.63, 3.8) is 0 Å². The molecule has 4 rings (SSSR count). The minimum atomic E-state index is -0.210. The summed E-state index contributed by atoms with van der Waals surface area (Å²) >= 11 is 7.57. The van der Waals surface area contributed by atoms with Crippen LogP contribution in [-0.4, -0.2) is 38.5 Å². The van der Waals surface area contributed by atoms with Crippen LogP contribution in [0.3, 0.4) is 0 Å². The SMILES string of the molecule is COc1ccc(-n2c(SCC(=O)NC(C)c3ccccc3Cl)nnc2-c2ccncc2)cc1. The Kier molecular flexibility index (Phi) is 7.26. The normalized spacial score (nSPS) is 11.7. The highest BCUT2D eigenvalue weighted by molar-refractivity contribution is 7.99. The molecule has 2 aromatic carbocycles. The monoisotopic (exact) mass is 479 g/mol. The first-order valence-electron chi connectivity index (χ1n) is 10.2. The molecule has 0 aliphatic carbocycles. The molecule has 1 atom stereocenters. The highest BCUT2D eigenvalue weighted by atomic mass is 35.5. The fraction of sp³-hybridized carbons (Fsp3) is 0.167. The van der Waals surface area contributed by atoms with E-state index in [1.54, 1.807) is 19.5 Å². The van der Waals surface area contributed by atoms with E-state index in [2.05, 4.69) is 20.5 Å². The van der Waals surface area contributed by atoms with Crippen LogP contribution in [-0.2, 0) is 4.79 Å². The predicted molar refractivity (Wildman–Crippen MR) is 130 cm³/mol. The molecule has 0 fully saturated rings. The molecule has 33 heavy (non-hydrogen) atoms. The zero-order chi connectivity index (χ0) is 23.2. The second kappa shape index (κ2) is 10.5. The lowest BCUT2D eigenvalue weighted by atomic mass is 10.1. The average molecular weight is 480 g/mol. The third-order valence-electron chi connectivity index (χ3n) is 4.98. The molecule has 7 nitrogen and oxygen atoms in total. The summed E-state index contributed by atoms with van der Waals surface area (Å²) in [7, 11) is 1.62. The smallest absolute Gasteiger partial charge is 0.230 e. The van der Waals surface area contributed by atoms with Crippen LogP contribution in [0.2, 0.25) is 5.02 Å². The van der Waals surface area contributed by atoms with Crippen molar-refractivity contribution >= 4 is 29.3 Å². The number of hydrogen-bond acceptors (Lipinski definition) is 6. The lowest BCUT2D eigenvalue weighted by Gasteiger charge is -2.15. The second-order valence-corrected chi connectivity index (χ2v) is 8.52. The Labute approximate surface area is 201 Å². The van der Waals surface area contributed by atoms with Crippen molar-refractivity contribution in [1.82, 2.24) is 25.1 Å². The van der Waals surface area contributed by atoms with Gasteiger partial charge < -0.3 is 10.1 Å². The zero-order valence-corrected chi connectivity index (χ0v) is 19.7. The molecule has 0 aliphatic heterocycles. The van der Waals surface area contributed by atoms with Crippen LogP contribution >= 0.6 is 23.4 Å². The van der Waals surface area contributed by atoms with Crippen molar-refractivity contribution in [1.29, 1.82) is 0 Å². The highest BCUT2D eigenvalue weighted by Gasteiger charge is 2.18. The number of halogens is 1. The molecule has 0 saturated heterocycles. The van der Waals surface area contributed by atoms with Gasteiger partial charge in [-0.15, -0.1) is 10.2 Å². The lowest BCUT2D eigenvalue weighted by molar-refractivity contribution is -0.119. The maximum absolute atomic E-state index is 12.7. The third-order valence-corrected chi connectivity index (χ3v) is 6.26. The molecule has 0 radical (unpaired) electrons. The molecule has 0 bridgehead atoms. The number of amides is 1. The molecule has 9 heteroatoms. The van der Waals surface area contributed by atoms with E-state index in [0.717, 1.165) is 22.6 Å². The first-order valence-corrected chi connectivity index (χ1v) is 11.6. The van der Waals surface area contributed by atoms with Crippen molar-refractivity contribution in [2.45, 2.75) is 18.1 Å². The molecule has 4 aromatic rings. The summed E-state index contributed by atoms with van der Waals surface area (Å²) < 4.78 is 7.20. The number of thioether (sulfide) groups is 1. The van der Waals surface area contributed by atoms with Gasteiger partial charge in [0.2, 0.25) is 5.91 Å². The number of hydrogen-bond donors (Lipinski definition) is 1. The van der Waals surface area contributed by atoms with Gasteiger partial charge in [0, 0.05) is 28.7 Å². The first-order chi connectivity index (χ1) is 16.1. The van der Waals surface area contributed by atoms with E-state index in [4.69, 9.17) is 16.3 Å². The Hall–Kier alpha value is -3.36. The number of methoxy groups -OCH3 is 1. The third kappa shape index (κ3) is 5.35. The Balaban J connectivity index is 1.55. The number of aromatic nitrogens is 4. The summed E-state index contributed by atoms with van der Waals surface area (Å²) in [5, 5.41) is 13.0. The summed E-state index contributed by atoms with van der Waals surface area (Å²) in [5.74, 6) is 1.47. The fourth-order valence-corrected chi connectivity index (χ4v) is 4.40. The quantitative estimate of drug-likeness (QED) is 0.360. The minimum Gasteiger partial charge on any atom is -0.497 e. The molecule has 1 N–H and O–H groups in total. The number of ether oxygens (including phenoxy) is 1. The maximum Gasteiger partial charge on any atom is 0.230 e. The van der Waals surface area contributed by atoms with Crippen LogP contribution in [0.15, 0.2) is 78.2 Å². The standard InChI is InChI=1S/C24H22ClN5O2S/c1-16(20-5-3-4-6-21(20)25)27-22(31)15-33-24-29-28-23(17-11-13-26-14-12-17)30(24)18-7-9-19(32-2)10-8-18/h3-14,16H,15H2,1-2H3,(H,27,31). The zero-order valence-electron chi connectivity index (χ0n) is 18.1. The molecular weight excluding hydrogens is 458 g/mol. The van der Waals surface area contributed by atoms with E-state index in [-0.39, 0.29) is 17.7 Å². The number of rotatable bonds is 8. The average Bonchev–Trinajstić information content (AvgIpc) is 3.27. The largest absolute Gasteiger partial charge is 0.497 e. The molecule has 168 valence electrons. The first kappa shape index (κ1) is 22.8. The summed E-state index contributed by atoms with van der Waals surface area (Å²) in [4.78, 5) is 16.7. The Morgan fingerprint density at radius 3 is 2.52 bits per heavy atom. The fourth-order valence-electron chi connectivity index (χ4n) is 3.33. The van der Waals surface area contributed by atoms with Crippen molar-refractivity contribution in [2.75, 3.05) is 12.9 Å². The van der Waals surface area contributed by atoms with Crippen molar-refractivity contribution in [3.05, 3.63) is 83.6 Å². The summed E-state index contributed by atoms with van der Waals surface area (Å²) in [5.41, 5.74) is 2.61. The number of nitrogens with one attached hydrogen (secondary N) is 1. The van der Waals surface area contributed by atoms with Gasteiger partial charge in [-0.05, 0) is 55.0 Å². The lowest BCUT2D eigenvalue weighted by Crippen LogP contribution is -2.28. The molecule has 2 aromatic heterocycles. The van der Waals surface area contributed by atoms with E-state index in [9.17, 15) is 4.79 Å². The van der Waals surface area contributed by atoms with Crippen molar-refractivity contribution in [2.24, 2.45) is 0 Å². The molecule has 1 amide bonds. The van der Waals surface area contributed by atoms with E-state index in [1.165, 1.54) is 11.8 Å². The predicted octanol–water partition coefficient (Wildman–Crippen LogP) is 4.96. The van der Waals surface area contributed by atoms with Crippen molar-refractivity contribution < 1.29 is 9.53 Å². The Morgan fingerprint density at radius 1 is 1.09 bits per heavy atom. The number of benzene rings is 2. The Morgan fingerprint density at radius 2 is 1.82 bits per heavy atom. The molecule has 1 unspecified atom stereocenters. The molecule has 0 saturated carbocycles. The summed E-state index contributed by atoms with van der Waals surface area (Å²) in [6, 6.07) is 18.6. The topological polar surface area (TPSA) is 81.9 Å². The van der Waals surface area contributed by atoms with Crippen LogP contribution in [0.1, 0.15) is 18.5 Å². The summed E-state index contributed by atoms with van der Waals surface area (Å²) in [6.07, 6.45) is 3.41. The number of carbonyl (C=O) groups is 1. The van der Waals surface area contributed by atoms with Gasteiger partial charge >= 0.3 is 0 Å². The highest BCUT2D eigenvalue weighted by Crippen LogP contribution is 2.29. The van der Waals surface area contributed by atoms with Gasteiger partial charge in [-0.1, -0.05) is 41.6 Å². The van der Waals surface area contributed by atoms with Gasteiger partial charge in [0.25, 0.3) is 0 Å². The van der Waals surface area contributed by atoms with E-state index in [1.807, 2.05) is 72.2 Å². The number of pyridine rings is 1. The molecule has 0 aliphatic rings. The van der Waals surface area contributed by atoms with Crippen molar-refractivity contribution in [3.8, 4) is 22.8 Å². The number of carbonyl (C=O) groups excluding carboxylic acids is 1. The second-order valence-electron chi connectivity index (χ2n) is 7.17. The Bertz CT molecular complexity index is 1230. The van der Waals surface area contributed by atoms with E-state index >= 15 is 0 Å². The summed E-state index contributed by atoms with van der Waals surface area (Å²) in [6.45, 7) is 1.91. The molecular formula is C24H22ClN5O2S. The molecule has 0 spiro atoms. The van der Waals surface area contributed by atoms with Crippen LogP contribution in [0.5, 0.6) is 5.75 Å².